The number of carbonyl (C=O) groups excluding carboxylic acids is 2. The fraction of sp³-hybridized carbons (Fsp3) is 0.333. The van der Waals surface area contributed by atoms with Crippen molar-refractivity contribution in [2.75, 3.05) is 6.61 Å². The zero-order chi connectivity index (χ0) is 18.4. The number of hydrogen-bond acceptors (Lipinski definition) is 4. The number of amides is 1. The maximum Gasteiger partial charge on any atom is 0.258 e. The van der Waals surface area contributed by atoms with Gasteiger partial charge in [-0.05, 0) is 49.9 Å². The predicted molar refractivity (Wildman–Crippen MR) is 107 cm³/mol. The number of benzene rings is 2. The van der Waals surface area contributed by atoms with Gasteiger partial charge in [0.2, 0.25) is 0 Å². The lowest BCUT2D eigenvalue weighted by Crippen LogP contribution is -2.42. The number of rotatable bonds is 6. The Bertz CT molecular complexity index is 742. The second-order valence-corrected chi connectivity index (χ2v) is 6.69. The summed E-state index contributed by atoms with van der Waals surface area (Å²) in [4.78, 5) is 24.4. The van der Waals surface area contributed by atoms with Gasteiger partial charge < -0.3 is 15.8 Å². The van der Waals surface area contributed by atoms with Crippen molar-refractivity contribution in [3.8, 4) is 5.75 Å². The van der Waals surface area contributed by atoms with Gasteiger partial charge in [0.1, 0.15) is 5.75 Å². The number of hydrogen-bond donors (Lipinski definition) is 2. The molecule has 3 rings (SSSR count). The lowest BCUT2D eigenvalue weighted by Gasteiger charge is -2.26. The minimum Gasteiger partial charge on any atom is -0.484 e. The van der Waals surface area contributed by atoms with Gasteiger partial charge in [-0.25, -0.2) is 0 Å². The average Bonchev–Trinajstić information content (AvgIpc) is 2.69. The van der Waals surface area contributed by atoms with Crippen LogP contribution in [0.25, 0.3) is 0 Å². The highest BCUT2D eigenvalue weighted by molar-refractivity contribution is 6.08. The van der Waals surface area contributed by atoms with Gasteiger partial charge in [-0.15, -0.1) is 12.4 Å². The van der Waals surface area contributed by atoms with Crippen LogP contribution in [0.1, 0.15) is 41.6 Å². The van der Waals surface area contributed by atoms with Crippen LogP contribution in [0.15, 0.2) is 54.6 Å². The molecule has 144 valence electrons. The van der Waals surface area contributed by atoms with E-state index >= 15 is 0 Å². The molecular weight excluding hydrogens is 364 g/mol. The van der Waals surface area contributed by atoms with Gasteiger partial charge in [0.15, 0.2) is 12.4 Å². The van der Waals surface area contributed by atoms with Gasteiger partial charge in [0.05, 0.1) is 0 Å². The maximum absolute atomic E-state index is 12.4. The van der Waals surface area contributed by atoms with Crippen LogP contribution in [-0.2, 0) is 4.79 Å². The summed E-state index contributed by atoms with van der Waals surface area (Å²) in [5.41, 5.74) is 7.11. The van der Waals surface area contributed by atoms with Crippen LogP contribution < -0.4 is 15.8 Å². The molecule has 0 aromatic heterocycles. The van der Waals surface area contributed by atoms with Gasteiger partial charge in [0.25, 0.3) is 5.91 Å². The van der Waals surface area contributed by atoms with E-state index in [0.717, 1.165) is 25.7 Å². The molecule has 6 heteroatoms. The van der Waals surface area contributed by atoms with Crippen LogP contribution in [0.3, 0.4) is 0 Å². The first-order chi connectivity index (χ1) is 12.6. The first kappa shape index (κ1) is 20.9. The average molecular weight is 389 g/mol. The number of ketones is 1. The van der Waals surface area contributed by atoms with Gasteiger partial charge in [-0.2, -0.15) is 0 Å². The maximum atomic E-state index is 12.4. The van der Waals surface area contributed by atoms with Crippen molar-refractivity contribution in [3.05, 3.63) is 65.7 Å². The highest BCUT2D eigenvalue weighted by Gasteiger charge is 2.20. The Kier molecular flexibility index (Phi) is 7.82. The summed E-state index contributed by atoms with van der Waals surface area (Å²) in [6, 6.07) is 16.4. The molecule has 5 nitrogen and oxygen atoms in total. The molecule has 0 saturated heterocycles. The molecule has 0 bridgehead atoms. The van der Waals surface area contributed by atoms with Crippen LogP contribution in [0.5, 0.6) is 5.75 Å². The lowest BCUT2D eigenvalue weighted by molar-refractivity contribution is -0.124. The third kappa shape index (κ3) is 6.08. The van der Waals surface area contributed by atoms with Crippen LogP contribution >= 0.6 is 12.4 Å². The first-order valence-corrected chi connectivity index (χ1v) is 8.99. The van der Waals surface area contributed by atoms with Crippen molar-refractivity contribution >= 4 is 24.1 Å². The first-order valence-electron chi connectivity index (χ1n) is 8.99. The molecule has 2 aromatic carbocycles. The predicted octanol–water partition coefficient (Wildman–Crippen LogP) is 3.10. The van der Waals surface area contributed by atoms with Gasteiger partial charge >= 0.3 is 0 Å². The fourth-order valence-corrected chi connectivity index (χ4v) is 3.14. The molecule has 1 aliphatic carbocycles. The smallest absolute Gasteiger partial charge is 0.258 e. The zero-order valence-electron chi connectivity index (χ0n) is 15.1. The summed E-state index contributed by atoms with van der Waals surface area (Å²) in [5, 5.41) is 2.99. The van der Waals surface area contributed by atoms with E-state index in [1.165, 1.54) is 0 Å². The van der Waals surface area contributed by atoms with Crippen LogP contribution in [-0.4, -0.2) is 30.4 Å². The van der Waals surface area contributed by atoms with E-state index in [-0.39, 0.29) is 42.8 Å². The van der Waals surface area contributed by atoms with E-state index < -0.39 is 0 Å². The molecule has 0 unspecified atom stereocenters. The van der Waals surface area contributed by atoms with Crippen molar-refractivity contribution in [2.24, 2.45) is 5.73 Å². The number of ether oxygens (including phenoxy) is 1. The Hall–Kier alpha value is -2.37. The van der Waals surface area contributed by atoms with Crippen molar-refractivity contribution in [3.63, 3.8) is 0 Å². The van der Waals surface area contributed by atoms with Crippen molar-refractivity contribution in [2.45, 2.75) is 37.8 Å². The molecule has 0 aliphatic heterocycles. The van der Waals surface area contributed by atoms with Crippen molar-refractivity contribution < 1.29 is 14.3 Å². The van der Waals surface area contributed by atoms with Gasteiger partial charge in [-0.3, -0.25) is 9.59 Å². The summed E-state index contributed by atoms with van der Waals surface area (Å²) in [7, 11) is 0. The second-order valence-electron chi connectivity index (χ2n) is 6.69. The fourth-order valence-electron chi connectivity index (χ4n) is 3.14. The lowest BCUT2D eigenvalue weighted by atomic mass is 9.92. The Morgan fingerprint density at radius 1 is 0.926 bits per heavy atom. The van der Waals surface area contributed by atoms with E-state index in [4.69, 9.17) is 10.5 Å². The Balaban J connectivity index is 0.00000261. The Morgan fingerprint density at radius 3 is 2.15 bits per heavy atom. The normalized spacial score (nSPS) is 18.9. The minimum absolute atomic E-state index is 0. The molecule has 1 saturated carbocycles. The van der Waals surface area contributed by atoms with Crippen molar-refractivity contribution in [1.29, 1.82) is 0 Å². The summed E-state index contributed by atoms with van der Waals surface area (Å²) < 4.78 is 5.52. The molecule has 0 radical (unpaired) electrons. The molecule has 1 fully saturated rings. The number of halogens is 1. The summed E-state index contributed by atoms with van der Waals surface area (Å²) in [5.74, 6) is 0.399. The summed E-state index contributed by atoms with van der Waals surface area (Å²) >= 11 is 0. The largest absolute Gasteiger partial charge is 0.484 e. The molecule has 0 spiro atoms. The van der Waals surface area contributed by atoms with Crippen LogP contribution in [0.4, 0.5) is 0 Å². The van der Waals surface area contributed by atoms with Crippen LogP contribution in [0.2, 0.25) is 0 Å². The zero-order valence-corrected chi connectivity index (χ0v) is 15.9. The third-order valence-corrected chi connectivity index (χ3v) is 4.66. The molecule has 0 atom stereocenters. The number of nitrogens with one attached hydrogen (secondary N) is 1. The second kappa shape index (κ2) is 10.1. The molecule has 1 aliphatic rings. The standard InChI is InChI=1S/C21H24N2O3.ClH/c22-17-8-10-18(11-9-17)23-20(24)14-26-19-12-6-16(7-13-19)21(25)15-4-2-1-3-5-15;/h1-7,12-13,17-18H,8-11,14,22H2,(H,23,24);1H. The van der Waals surface area contributed by atoms with Gasteiger partial charge in [-0.1, -0.05) is 30.3 Å². The quantitative estimate of drug-likeness (QED) is 0.745. The van der Waals surface area contributed by atoms with E-state index in [2.05, 4.69) is 5.32 Å². The minimum atomic E-state index is -0.130. The summed E-state index contributed by atoms with van der Waals surface area (Å²) in [6.45, 7) is -0.0332. The van der Waals surface area contributed by atoms with E-state index in [1.54, 1.807) is 36.4 Å². The highest BCUT2D eigenvalue weighted by Crippen LogP contribution is 2.17. The Labute approximate surface area is 165 Å². The molecule has 1 amide bonds. The monoisotopic (exact) mass is 388 g/mol. The molecule has 27 heavy (non-hydrogen) atoms. The SMILES string of the molecule is Cl.NC1CCC(NC(=O)COc2ccc(C(=O)c3ccccc3)cc2)CC1. The van der Waals surface area contributed by atoms with Gasteiger partial charge in [0, 0.05) is 23.2 Å². The number of nitrogens with two attached hydrogens (primary N) is 1. The number of carbonyl (C=O) groups is 2. The topological polar surface area (TPSA) is 81.4 Å². The summed E-state index contributed by atoms with van der Waals surface area (Å²) in [6.07, 6.45) is 3.73. The third-order valence-electron chi connectivity index (χ3n) is 4.66. The highest BCUT2D eigenvalue weighted by atomic mass is 35.5. The van der Waals surface area contributed by atoms with E-state index in [1.807, 2.05) is 18.2 Å². The van der Waals surface area contributed by atoms with E-state index in [0.29, 0.717) is 16.9 Å². The van der Waals surface area contributed by atoms with E-state index in [9.17, 15) is 9.59 Å². The van der Waals surface area contributed by atoms with Crippen molar-refractivity contribution in [1.82, 2.24) is 5.32 Å². The Morgan fingerprint density at radius 2 is 1.52 bits per heavy atom. The molecule has 2 aromatic rings. The van der Waals surface area contributed by atoms with Crippen LogP contribution in [0, 0.1) is 0 Å². The molecular formula is C21H25ClN2O3. The molecule has 0 heterocycles. The molecule has 3 N–H and O–H groups in total.